The number of benzene rings is 1. The molecule has 3 rings (SSSR count). The fraction of sp³-hybridized carbons (Fsp3) is 0.562. The van der Waals surface area contributed by atoms with E-state index in [4.69, 9.17) is 4.74 Å². The predicted molar refractivity (Wildman–Crippen MR) is 77.5 cm³/mol. The molecule has 1 saturated heterocycles. The summed E-state index contributed by atoms with van der Waals surface area (Å²) in [4.78, 5) is 12.2. The van der Waals surface area contributed by atoms with Gasteiger partial charge in [0.1, 0.15) is 6.61 Å². The molecular weight excluding hydrogens is 271 g/mol. The molecule has 0 bridgehead atoms. The molecule has 1 aliphatic heterocycles. The maximum atomic E-state index is 13.5. The maximum Gasteiger partial charge on any atom is 0.224 e. The summed E-state index contributed by atoms with van der Waals surface area (Å²) in [6, 6.07) is 6.29. The second kappa shape index (κ2) is 5.30. The molecule has 0 spiro atoms. The van der Waals surface area contributed by atoms with E-state index >= 15 is 0 Å². The molecule has 1 aliphatic carbocycles. The van der Waals surface area contributed by atoms with Gasteiger partial charge in [0, 0.05) is 5.92 Å². The highest BCUT2D eigenvalue weighted by molar-refractivity contribution is 5.83. The molecule has 1 aromatic carbocycles. The molecule has 0 radical (unpaired) electrons. The quantitative estimate of drug-likeness (QED) is 0.866. The molecule has 2 N–H and O–H groups in total. The highest BCUT2D eigenvalue weighted by Crippen LogP contribution is 2.48. The minimum atomic E-state index is -0.524. The SMILES string of the molecule is CC(C)(COc1ccccc1F)NC(=O)[C@H]1[C@@H]2CNC[C@@H]21. The lowest BCUT2D eigenvalue weighted by atomic mass is 10.1. The molecule has 0 aromatic heterocycles. The zero-order valence-electron chi connectivity index (χ0n) is 12.4. The van der Waals surface area contributed by atoms with Crippen molar-refractivity contribution in [3.05, 3.63) is 30.1 Å². The van der Waals surface area contributed by atoms with Gasteiger partial charge in [0.25, 0.3) is 0 Å². The maximum absolute atomic E-state index is 13.5. The molecular formula is C16H21FN2O2. The standard InChI is InChI=1S/C16H21FN2O2/c1-16(2,9-21-13-6-4-3-5-12(13)17)19-15(20)14-10-7-18-8-11(10)14/h3-6,10-11,14,18H,7-9H2,1-2H3,(H,19,20)/t10-,11+,14+. The van der Waals surface area contributed by atoms with Crippen LogP contribution in [0, 0.1) is 23.6 Å². The van der Waals surface area contributed by atoms with Crippen molar-refractivity contribution < 1.29 is 13.9 Å². The number of nitrogens with one attached hydrogen (secondary N) is 2. The molecule has 2 fully saturated rings. The summed E-state index contributed by atoms with van der Waals surface area (Å²) < 4.78 is 19.0. The van der Waals surface area contributed by atoms with Gasteiger partial charge in [-0.2, -0.15) is 0 Å². The third-order valence-corrected chi connectivity index (χ3v) is 4.28. The van der Waals surface area contributed by atoms with Crippen molar-refractivity contribution in [2.24, 2.45) is 17.8 Å². The van der Waals surface area contributed by atoms with Crippen LogP contribution in [0.2, 0.25) is 0 Å². The molecule has 2 aliphatic rings. The number of carbonyl (C=O) groups excluding carboxylic acids is 1. The third-order valence-electron chi connectivity index (χ3n) is 4.28. The number of hydrogen-bond donors (Lipinski definition) is 2. The topological polar surface area (TPSA) is 50.4 Å². The van der Waals surface area contributed by atoms with Crippen LogP contribution in [0.25, 0.3) is 0 Å². The van der Waals surface area contributed by atoms with Gasteiger partial charge in [0.2, 0.25) is 5.91 Å². The number of ether oxygens (including phenoxy) is 1. The summed E-state index contributed by atoms with van der Waals surface area (Å²) in [7, 11) is 0. The Bertz CT molecular complexity index is 537. The molecule has 4 nitrogen and oxygen atoms in total. The lowest BCUT2D eigenvalue weighted by Gasteiger charge is -2.27. The summed E-state index contributed by atoms with van der Waals surface area (Å²) in [6.45, 7) is 5.90. The van der Waals surface area contributed by atoms with Crippen LogP contribution in [0.4, 0.5) is 4.39 Å². The van der Waals surface area contributed by atoms with Gasteiger partial charge in [0.15, 0.2) is 11.6 Å². The normalized spacial score (nSPS) is 27.1. The van der Waals surface area contributed by atoms with Crippen LogP contribution in [0.5, 0.6) is 5.75 Å². The van der Waals surface area contributed by atoms with Crippen molar-refractivity contribution in [3.8, 4) is 5.75 Å². The van der Waals surface area contributed by atoms with Crippen LogP contribution >= 0.6 is 0 Å². The Kier molecular flexibility index (Phi) is 3.61. The van der Waals surface area contributed by atoms with Gasteiger partial charge >= 0.3 is 0 Å². The Balaban J connectivity index is 1.52. The smallest absolute Gasteiger partial charge is 0.224 e. The Morgan fingerprint density at radius 1 is 1.38 bits per heavy atom. The number of hydrogen-bond acceptors (Lipinski definition) is 3. The molecule has 1 saturated carbocycles. The Morgan fingerprint density at radius 2 is 2.05 bits per heavy atom. The van der Waals surface area contributed by atoms with Crippen LogP contribution in [0.15, 0.2) is 24.3 Å². The van der Waals surface area contributed by atoms with E-state index in [2.05, 4.69) is 10.6 Å². The molecule has 5 heteroatoms. The summed E-state index contributed by atoms with van der Waals surface area (Å²) >= 11 is 0. The van der Waals surface area contributed by atoms with Gasteiger partial charge in [-0.3, -0.25) is 4.79 Å². The van der Waals surface area contributed by atoms with Crippen molar-refractivity contribution in [1.29, 1.82) is 0 Å². The van der Waals surface area contributed by atoms with Gasteiger partial charge in [-0.25, -0.2) is 4.39 Å². The minimum Gasteiger partial charge on any atom is -0.488 e. The van der Waals surface area contributed by atoms with Gasteiger partial charge in [-0.1, -0.05) is 12.1 Å². The van der Waals surface area contributed by atoms with E-state index in [1.807, 2.05) is 13.8 Å². The molecule has 3 atom stereocenters. The Hall–Kier alpha value is -1.62. The monoisotopic (exact) mass is 292 g/mol. The van der Waals surface area contributed by atoms with Crippen LogP contribution < -0.4 is 15.4 Å². The average Bonchev–Trinajstić information content (AvgIpc) is 2.92. The molecule has 1 heterocycles. The number of carbonyl (C=O) groups is 1. The van der Waals surface area contributed by atoms with E-state index in [9.17, 15) is 9.18 Å². The number of piperidine rings is 1. The molecule has 1 amide bonds. The third kappa shape index (κ3) is 3.02. The van der Waals surface area contributed by atoms with E-state index in [0.29, 0.717) is 11.8 Å². The largest absolute Gasteiger partial charge is 0.488 e. The fourth-order valence-electron chi connectivity index (χ4n) is 3.08. The van der Waals surface area contributed by atoms with Gasteiger partial charge < -0.3 is 15.4 Å². The summed E-state index contributed by atoms with van der Waals surface area (Å²) in [5, 5.41) is 6.30. The summed E-state index contributed by atoms with van der Waals surface area (Å²) in [6.07, 6.45) is 0. The zero-order valence-corrected chi connectivity index (χ0v) is 12.4. The lowest BCUT2D eigenvalue weighted by Crippen LogP contribution is -2.49. The van der Waals surface area contributed by atoms with Crippen LogP contribution in [0.3, 0.4) is 0 Å². The van der Waals surface area contributed by atoms with E-state index < -0.39 is 5.54 Å². The van der Waals surface area contributed by atoms with Crippen LogP contribution in [0.1, 0.15) is 13.8 Å². The van der Waals surface area contributed by atoms with Crippen LogP contribution in [-0.4, -0.2) is 31.1 Å². The van der Waals surface area contributed by atoms with Crippen molar-refractivity contribution in [2.45, 2.75) is 19.4 Å². The second-order valence-electron chi connectivity index (χ2n) is 6.60. The van der Waals surface area contributed by atoms with E-state index in [-0.39, 0.29) is 30.0 Å². The average molecular weight is 292 g/mol. The van der Waals surface area contributed by atoms with Crippen LogP contribution in [-0.2, 0) is 4.79 Å². The highest BCUT2D eigenvalue weighted by Gasteiger charge is 2.57. The lowest BCUT2D eigenvalue weighted by molar-refractivity contribution is -0.125. The van der Waals surface area contributed by atoms with Gasteiger partial charge in [-0.15, -0.1) is 0 Å². The number of fused-ring (bicyclic) bond motifs is 1. The highest BCUT2D eigenvalue weighted by atomic mass is 19.1. The number of halogens is 1. The number of amides is 1. The first-order valence-electron chi connectivity index (χ1n) is 7.38. The number of rotatable bonds is 5. The second-order valence-corrected chi connectivity index (χ2v) is 6.60. The first-order chi connectivity index (χ1) is 9.98. The zero-order chi connectivity index (χ0) is 15.0. The van der Waals surface area contributed by atoms with Gasteiger partial charge in [0.05, 0.1) is 5.54 Å². The first kappa shape index (κ1) is 14.3. The van der Waals surface area contributed by atoms with E-state index in [1.54, 1.807) is 18.2 Å². The Morgan fingerprint density at radius 3 is 2.71 bits per heavy atom. The van der Waals surface area contributed by atoms with E-state index in [1.165, 1.54) is 6.07 Å². The number of para-hydroxylation sites is 1. The van der Waals surface area contributed by atoms with Crippen molar-refractivity contribution in [3.63, 3.8) is 0 Å². The summed E-state index contributed by atoms with van der Waals surface area (Å²) in [5.41, 5.74) is -0.524. The molecule has 114 valence electrons. The Labute approximate surface area is 124 Å². The minimum absolute atomic E-state index is 0.0913. The first-order valence-corrected chi connectivity index (χ1v) is 7.38. The predicted octanol–water partition coefficient (Wildman–Crippen LogP) is 1.56. The van der Waals surface area contributed by atoms with Crippen molar-refractivity contribution in [1.82, 2.24) is 10.6 Å². The summed E-state index contributed by atoms with van der Waals surface area (Å²) in [5.74, 6) is 1.05. The van der Waals surface area contributed by atoms with E-state index in [0.717, 1.165) is 13.1 Å². The molecule has 1 aromatic rings. The van der Waals surface area contributed by atoms with Crippen molar-refractivity contribution in [2.75, 3.05) is 19.7 Å². The fourth-order valence-corrected chi connectivity index (χ4v) is 3.08. The van der Waals surface area contributed by atoms with Crippen molar-refractivity contribution >= 4 is 5.91 Å². The van der Waals surface area contributed by atoms with Gasteiger partial charge in [-0.05, 0) is 50.9 Å². The molecule has 0 unspecified atom stereocenters. The molecule has 21 heavy (non-hydrogen) atoms.